The Morgan fingerprint density at radius 2 is 1.79 bits per heavy atom. The van der Waals surface area contributed by atoms with E-state index in [2.05, 4.69) is 5.92 Å². The number of carbonyl (C=O) groups is 2. The highest BCUT2D eigenvalue weighted by Gasteiger charge is 2.55. The molecule has 2 aromatic carbocycles. The molecule has 146 valence electrons. The average molecular weight is 397 g/mol. The summed E-state index contributed by atoms with van der Waals surface area (Å²) in [5, 5.41) is 8.96. The van der Waals surface area contributed by atoms with E-state index in [1.807, 2.05) is 0 Å². The van der Waals surface area contributed by atoms with Crippen molar-refractivity contribution in [1.29, 1.82) is 5.26 Å². The fourth-order valence-electron chi connectivity index (χ4n) is 3.32. The Bertz CT molecular complexity index is 1070. The summed E-state index contributed by atoms with van der Waals surface area (Å²) in [5.41, 5.74) is -3.13. The lowest BCUT2D eigenvalue weighted by molar-refractivity contribution is -0.137. The molecule has 1 unspecified atom stereocenters. The van der Waals surface area contributed by atoms with E-state index in [0.29, 0.717) is 16.5 Å². The van der Waals surface area contributed by atoms with Gasteiger partial charge >= 0.3 is 12.2 Å². The second-order valence-electron chi connectivity index (χ2n) is 6.49. The number of rotatable bonds is 3. The van der Waals surface area contributed by atoms with Gasteiger partial charge in [-0.05, 0) is 30.7 Å². The average Bonchev–Trinajstić information content (AvgIpc) is 2.89. The number of terminal acetylenes is 1. The molecule has 2 aromatic rings. The number of amides is 3. The van der Waals surface area contributed by atoms with Crippen molar-refractivity contribution in [2.24, 2.45) is 0 Å². The first-order chi connectivity index (χ1) is 13.7. The van der Waals surface area contributed by atoms with E-state index in [1.54, 1.807) is 30.3 Å². The fraction of sp³-hybridized carbons (Fsp3) is 0.190. The number of nitrogens with zero attached hydrogens (tertiary/aromatic N) is 3. The minimum atomic E-state index is -4.83. The smallest absolute Gasteiger partial charge is 0.294 e. The van der Waals surface area contributed by atoms with Gasteiger partial charge in [0, 0.05) is 0 Å². The molecule has 1 heterocycles. The van der Waals surface area contributed by atoms with Gasteiger partial charge in [0.15, 0.2) is 0 Å². The lowest BCUT2D eigenvalue weighted by atomic mass is 9.90. The molecule has 0 aliphatic carbocycles. The van der Waals surface area contributed by atoms with Crippen LogP contribution in [0.2, 0.25) is 0 Å². The number of benzene rings is 2. The van der Waals surface area contributed by atoms with Crippen molar-refractivity contribution < 1.29 is 22.8 Å². The Morgan fingerprint density at radius 1 is 1.14 bits per heavy atom. The SMILES string of the molecule is C#CCN1C(=O)N(c2ccc(C#N)c(C(F)(F)F)c2)C(=O)C1(C)c1ccccc1. The summed E-state index contributed by atoms with van der Waals surface area (Å²) in [6.07, 6.45) is 0.535. The normalized spacial score (nSPS) is 19.2. The molecule has 1 aliphatic rings. The summed E-state index contributed by atoms with van der Waals surface area (Å²) in [7, 11) is 0. The van der Waals surface area contributed by atoms with Crippen molar-refractivity contribution in [2.45, 2.75) is 18.6 Å². The molecule has 1 saturated heterocycles. The van der Waals surface area contributed by atoms with E-state index >= 15 is 0 Å². The summed E-state index contributed by atoms with van der Waals surface area (Å²) in [5.74, 6) is 1.58. The number of halogens is 3. The zero-order valence-corrected chi connectivity index (χ0v) is 15.2. The van der Waals surface area contributed by atoms with Gasteiger partial charge in [-0.1, -0.05) is 36.3 Å². The van der Waals surface area contributed by atoms with Crippen LogP contribution >= 0.6 is 0 Å². The Kier molecular flexibility index (Phi) is 4.81. The summed E-state index contributed by atoms with van der Waals surface area (Å²) in [6.45, 7) is 1.28. The summed E-state index contributed by atoms with van der Waals surface area (Å²) in [6, 6.07) is 11.7. The minimum Gasteiger partial charge on any atom is -0.294 e. The van der Waals surface area contributed by atoms with Gasteiger partial charge < -0.3 is 0 Å². The second kappa shape index (κ2) is 6.99. The number of hydrogen-bond acceptors (Lipinski definition) is 3. The number of anilines is 1. The maximum atomic E-state index is 13.3. The first kappa shape index (κ1) is 20.0. The molecule has 1 atom stereocenters. The molecule has 0 saturated carbocycles. The van der Waals surface area contributed by atoms with Gasteiger partial charge in [0.05, 0.1) is 29.4 Å². The molecule has 0 aromatic heterocycles. The molecule has 1 fully saturated rings. The van der Waals surface area contributed by atoms with Crippen molar-refractivity contribution in [2.75, 3.05) is 11.4 Å². The van der Waals surface area contributed by atoms with Crippen LogP contribution in [-0.2, 0) is 16.5 Å². The molecule has 0 N–H and O–H groups in total. The zero-order chi connectivity index (χ0) is 21.4. The van der Waals surface area contributed by atoms with E-state index in [-0.39, 0.29) is 12.2 Å². The van der Waals surface area contributed by atoms with E-state index in [9.17, 15) is 22.8 Å². The van der Waals surface area contributed by atoms with Crippen LogP contribution in [0.25, 0.3) is 0 Å². The number of carbonyl (C=O) groups excluding carboxylic acids is 2. The van der Waals surface area contributed by atoms with Crippen molar-refractivity contribution in [3.8, 4) is 18.4 Å². The predicted octanol–water partition coefficient (Wildman–Crippen LogP) is 3.89. The van der Waals surface area contributed by atoms with Crippen molar-refractivity contribution in [3.63, 3.8) is 0 Å². The van der Waals surface area contributed by atoms with Crippen LogP contribution < -0.4 is 4.90 Å². The quantitative estimate of drug-likeness (QED) is 0.583. The third-order valence-corrected chi connectivity index (χ3v) is 4.85. The molecular formula is C21H14F3N3O2. The monoisotopic (exact) mass is 397 g/mol. The maximum Gasteiger partial charge on any atom is 0.417 e. The van der Waals surface area contributed by atoms with Gasteiger partial charge in [0.1, 0.15) is 5.54 Å². The highest BCUT2D eigenvalue weighted by Crippen LogP contribution is 2.41. The molecule has 3 amide bonds. The van der Waals surface area contributed by atoms with E-state index in [0.717, 1.165) is 17.0 Å². The summed E-state index contributed by atoms with van der Waals surface area (Å²) >= 11 is 0. The van der Waals surface area contributed by atoms with Gasteiger partial charge in [-0.3, -0.25) is 9.69 Å². The number of imide groups is 1. The molecule has 5 nitrogen and oxygen atoms in total. The largest absolute Gasteiger partial charge is 0.417 e. The van der Waals surface area contributed by atoms with Crippen LogP contribution in [0.3, 0.4) is 0 Å². The Labute approximate surface area is 164 Å². The second-order valence-corrected chi connectivity index (χ2v) is 6.49. The molecule has 8 heteroatoms. The topological polar surface area (TPSA) is 64.4 Å². The van der Waals surface area contributed by atoms with Crippen LogP contribution in [0.5, 0.6) is 0 Å². The Hall–Kier alpha value is -3.78. The van der Waals surface area contributed by atoms with Crippen molar-refractivity contribution >= 4 is 17.6 Å². The number of nitriles is 1. The number of urea groups is 1. The molecule has 0 radical (unpaired) electrons. The molecule has 0 bridgehead atoms. The van der Waals surface area contributed by atoms with E-state index in [4.69, 9.17) is 11.7 Å². The van der Waals surface area contributed by atoms with Gasteiger partial charge in [0.25, 0.3) is 5.91 Å². The van der Waals surface area contributed by atoms with Crippen LogP contribution in [0.4, 0.5) is 23.7 Å². The lowest BCUT2D eigenvalue weighted by Gasteiger charge is -2.30. The highest BCUT2D eigenvalue weighted by molar-refractivity contribution is 6.23. The molecule has 29 heavy (non-hydrogen) atoms. The lowest BCUT2D eigenvalue weighted by Crippen LogP contribution is -2.44. The van der Waals surface area contributed by atoms with Crippen LogP contribution in [0.15, 0.2) is 48.5 Å². The van der Waals surface area contributed by atoms with Crippen molar-refractivity contribution in [3.05, 3.63) is 65.2 Å². The highest BCUT2D eigenvalue weighted by atomic mass is 19.4. The van der Waals surface area contributed by atoms with E-state index in [1.165, 1.54) is 13.0 Å². The van der Waals surface area contributed by atoms with Gasteiger partial charge in [-0.25, -0.2) is 9.69 Å². The Morgan fingerprint density at radius 3 is 2.34 bits per heavy atom. The third-order valence-electron chi connectivity index (χ3n) is 4.85. The first-order valence-electron chi connectivity index (χ1n) is 8.42. The van der Waals surface area contributed by atoms with Gasteiger partial charge in [-0.2, -0.15) is 18.4 Å². The molecule has 0 spiro atoms. The van der Waals surface area contributed by atoms with Gasteiger partial charge in [0.2, 0.25) is 0 Å². The summed E-state index contributed by atoms with van der Waals surface area (Å²) in [4.78, 5) is 28.1. The first-order valence-corrected chi connectivity index (χ1v) is 8.42. The third kappa shape index (κ3) is 3.09. The number of hydrogen-bond donors (Lipinski definition) is 0. The maximum absolute atomic E-state index is 13.3. The summed E-state index contributed by atoms with van der Waals surface area (Å²) < 4.78 is 40.0. The minimum absolute atomic E-state index is 0.213. The predicted molar refractivity (Wildman–Crippen MR) is 98.4 cm³/mol. The Balaban J connectivity index is 2.17. The fourth-order valence-corrected chi connectivity index (χ4v) is 3.32. The number of alkyl halides is 3. The van der Waals surface area contributed by atoms with Crippen LogP contribution in [-0.4, -0.2) is 23.4 Å². The van der Waals surface area contributed by atoms with Gasteiger partial charge in [-0.15, -0.1) is 6.42 Å². The van der Waals surface area contributed by atoms with E-state index < -0.39 is 34.8 Å². The molecule has 3 rings (SSSR count). The standard InChI is InChI=1S/C21H14F3N3O2/c1-3-11-26-19(29)27(18(28)20(26,2)15-7-5-4-6-8-15)16-10-9-14(13-25)17(12-16)21(22,23)24/h1,4-10,12H,11H2,2H3. The van der Waals surface area contributed by atoms with Crippen LogP contribution in [0, 0.1) is 23.7 Å². The van der Waals surface area contributed by atoms with Crippen LogP contribution in [0.1, 0.15) is 23.6 Å². The molecular weight excluding hydrogens is 383 g/mol. The zero-order valence-electron chi connectivity index (χ0n) is 15.2. The molecule has 1 aliphatic heterocycles. The van der Waals surface area contributed by atoms with Crippen molar-refractivity contribution in [1.82, 2.24) is 4.90 Å².